The van der Waals surface area contributed by atoms with E-state index in [1.54, 1.807) is 54.6 Å². The van der Waals surface area contributed by atoms with Crippen LogP contribution in [0.2, 0.25) is 0 Å². The van der Waals surface area contributed by atoms with E-state index in [1.165, 1.54) is 6.26 Å². The highest BCUT2D eigenvalue weighted by Crippen LogP contribution is 2.20. The standard InChI is InChI=1S/C20H18N4O4/c1-12-7-8-13(10-16(12)24-19(26)17-6-3-9-28-17)18(25)22-14-4-2-5-15(11-14)23-20(21)27/h2-11H,1H3,(H,22,25)(H,24,26)(H3,21,23,27). The van der Waals surface area contributed by atoms with Gasteiger partial charge in [0.15, 0.2) is 5.76 Å². The Morgan fingerprint density at radius 3 is 2.29 bits per heavy atom. The SMILES string of the molecule is Cc1ccc(C(=O)Nc2cccc(NC(N)=O)c2)cc1NC(=O)c1ccco1. The molecule has 0 fully saturated rings. The van der Waals surface area contributed by atoms with Crippen molar-refractivity contribution >= 4 is 34.9 Å². The highest BCUT2D eigenvalue weighted by atomic mass is 16.3. The van der Waals surface area contributed by atoms with Gasteiger partial charge in [-0.05, 0) is 55.0 Å². The summed E-state index contributed by atoms with van der Waals surface area (Å²) in [6, 6.07) is 14.0. The lowest BCUT2D eigenvalue weighted by atomic mass is 10.1. The third-order valence-corrected chi connectivity index (χ3v) is 3.88. The van der Waals surface area contributed by atoms with Gasteiger partial charge in [0.2, 0.25) is 0 Å². The van der Waals surface area contributed by atoms with E-state index >= 15 is 0 Å². The predicted octanol–water partition coefficient (Wildman–Crippen LogP) is 3.58. The molecule has 0 radical (unpaired) electrons. The molecule has 0 spiro atoms. The highest BCUT2D eigenvalue weighted by Gasteiger charge is 2.13. The molecular weight excluding hydrogens is 360 g/mol. The van der Waals surface area contributed by atoms with Gasteiger partial charge in [-0.1, -0.05) is 12.1 Å². The first-order valence-electron chi connectivity index (χ1n) is 8.36. The van der Waals surface area contributed by atoms with Crippen molar-refractivity contribution in [1.29, 1.82) is 0 Å². The molecule has 2 aromatic carbocycles. The van der Waals surface area contributed by atoms with Crippen LogP contribution in [0.25, 0.3) is 0 Å². The summed E-state index contributed by atoms with van der Waals surface area (Å²) in [5.74, 6) is -0.603. The van der Waals surface area contributed by atoms with Crippen molar-refractivity contribution in [2.45, 2.75) is 6.92 Å². The number of carbonyl (C=O) groups is 3. The first-order valence-corrected chi connectivity index (χ1v) is 8.36. The summed E-state index contributed by atoms with van der Waals surface area (Å²) in [6.45, 7) is 1.82. The molecule has 1 aromatic heterocycles. The number of nitrogens with two attached hydrogens (primary N) is 1. The van der Waals surface area contributed by atoms with E-state index in [0.29, 0.717) is 22.6 Å². The van der Waals surface area contributed by atoms with Crippen LogP contribution in [0, 0.1) is 6.92 Å². The number of urea groups is 1. The van der Waals surface area contributed by atoms with Gasteiger partial charge in [0.25, 0.3) is 11.8 Å². The lowest BCUT2D eigenvalue weighted by Crippen LogP contribution is -2.19. The summed E-state index contributed by atoms with van der Waals surface area (Å²) in [5.41, 5.74) is 7.69. The predicted molar refractivity (Wildman–Crippen MR) is 105 cm³/mol. The molecule has 0 saturated carbocycles. The summed E-state index contributed by atoms with van der Waals surface area (Å²) >= 11 is 0. The molecule has 3 rings (SSSR count). The number of benzene rings is 2. The van der Waals surface area contributed by atoms with Crippen LogP contribution < -0.4 is 21.7 Å². The number of nitrogens with one attached hydrogen (secondary N) is 3. The topological polar surface area (TPSA) is 126 Å². The Morgan fingerprint density at radius 2 is 1.61 bits per heavy atom. The Morgan fingerprint density at radius 1 is 0.857 bits per heavy atom. The van der Waals surface area contributed by atoms with Gasteiger partial charge in [0.05, 0.1) is 6.26 Å². The molecule has 5 N–H and O–H groups in total. The molecule has 8 heteroatoms. The molecule has 0 bridgehead atoms. The molecule has 0 aliphatic heterocycles. The van der Waals surface area contributed by atoms with Gasteiger partial charge < -0.3 is 26.1 Å². The number of primary amides is 1. The van der Waals surface area contributed by atoms with Crippen LogP contribution in [0.1, 0.15) is 26.5 Å². The van der Waals surface area contributed by atoms with Crippen LogP contribution in [0.4, 0.5) is 21.9 Å². The van der Waals surface area contributed by atoms with Crippen LogP contribution in [-0.2, 0) is 0 Å². The summed E-state index contributed by atoms with van der Waals surface area (Å²) in [4.78, 5) is 35.7. The molecule has 3 aromatic rings. The Bertz CT molecular complexity index is 1030. The number of rotatable bonds is 5. The van der Waals surface area contributed by atoms with E-state index < -0.39 is 11.9 Å². The van der Waals surface area contributed by atoms with Gasteiger partial charge in [-0.3, -0.25) is 9.59 Å². The van der Waals surface area contributed by atoms with Gasteiger partial charge >= 0.3 is 6.03 Å². The Hall–Kier alpha value is -4.07. The van der Waals surface area contributed by atoms with Crippen molar-refractivity contribution in [3.05, 3.63) is 77.7 Å². The maximum atomic E-state index is 12.6. The third kappa shape index (κ3) is 4.55. The van der Waals surface area contributed by atoms with Crippen LogP contribution in [0.3, 0.4) is 0 Å². The smallest absolute Gasteiger partial charge is 0.316 e. The molecule has 28 heavy (non-hydrogen) atoms. The Labute approximate surface area is 160 Å². The van der Waals surface area contributed by atoms with Gasteiger partial charge in [0.1, 0.15) is 0 Å². The first kappa shape index (κ1) is 18.7. The second-order valence-electron chi connectivity index (χ2n) is 5.99. The number of carbonyl (C=O) groups excluding carboxylic acids is 3. The Kier molecular flexibility index (Phi) is 5.40. The zero-order valence-electron chi connectivity index (χ0n) is 15.0. The average Bonchev–Trinajstić information content (AvgIpc) is 3.18. The first-order chi connectivity index (χ1) is 13.4. The van der Waals surface area contributed by atoms with Gasteiger partial charge in [-0.25, -0.2) is 4.79 Å². The van der Waals surface area contributed by atoms with Crippen LogP contribution in [0.15, 0.2) is 65.3 Å². The monoisotopic (exact) mass is 378 g/mol. The third-order valence-electron chi connectivity index (χ3n) is 3.88. The normalized spacial score (nSPS) is 10.2. The van der Waals surface area contributed by atoms with Crippen molar-refractivity contribution in [3.63, 3.8) is 0 Å². The number of hydrogen-bond donors (Lipinski definition) is 4. The molecule has 0 unspecified atom stereocenters. The second-order valence-corrected chi connectivity index (χ2v) is 5.99. The van der Waals surface area contributed by atoms with Crippen LogP contribution >= 0.6 is 0 Å². The van der Waals surface area contributed by atoms with Crippen molar-refractivity contribution < 1.29 is 18.8 Å². The van der Waals surface area contributed by atoms with E-state index in [4.69, 9.17) is 10.2 Å². The van der Waals surface area contributed by atoms with E-state index in [9.17, 15) is 14.4 Å². The molecule has 0 atom stereocenters. The minimum atomic E-state index is -0.695. The molecule has 4 amide bonds. The highest BCUT2D eigenvalue weighted by molar-refractivity contribution is 6.07. The van der Waals surface area contributed by atoms with E-state index in [2.05, 4.69) is 16.0 Å². The average molecular weight is 378 g/mol. The van der Waals surface area contributed by atoms with Crippen molar-refractivity contribution in [2.24, 2.45) is 5.73 Å². The quantitative estimate of drug-likeness (QED) is 0.541. The molecule has 0 saturated heterocycles. The van der Waals surface area contributed by atoms with Crippen molar-refractivity contribution in [1.82, 2.24) is 0 Å². The zero-order valence-corrected chi connectivity index (χ0v) is 15.0. The summed E-state index contributed by atoms with van der Waals surface area (Å²) in [5, 5.41) is 7.91. The van der Waals surface area contributed by atoms with Gasteiger partial charge in [-0.2, -0.15) is 0 Å². The largest absolute Gasteiger partial charge is 0.459 e. The lowest BCUT2D eigenvalue weighted by molar-refractivity contribution is 0.0993. The molecule has 0 aliphatic rings. The minimum absolute atomic E-state index is 0.174. The molecule has 1 heterocycles. The second kappa shape index (κ2) is 8.09. The fourth-order valence-electron chi connectivity index (χ4n) is 2.51. The van der Waals surface area contributed by atoms with E-state index in [0.717, 1.165) is 5.56 Å². The van der Waals surface area contributed by atoms with Gasteiger partial charge in [-0.15, -0.1) is 0 Å². The van der Waals surface area contributed by atoms with E-state index in [1.807, 2.05) is 6.92 Å². The fraction of sp³-hybridized carbons (Fsp3) is 0.0500. The summed E-state index contributed by atoms with van der Waals surface area (Å²) in [7, 11) is 0. The lowest BCUT2D eigenvalue weighted by Gasteiger charge is -2.11. The fourth-order valence-corrected chi connectivity index (χ4v) is 2.51. The summed E-state index contributed by atoms with van der Waals surface area (Å²) < 4.78 is 5.07. The Balaban J connectivity index is 1.75. The van der Waals surface area contributed by atoms with Gasteiger partial charge in [0, 0.05) is 22.6 Å². The van der Waals surface area contributed by atoms with Crippen molar-refractivity contribution in [2.75, 3.05) is 16.0 Å². The van der Waals surface area contributed by atoms with Crippen LogP contribution in [0.5, 0.6) is 0 Å². The number of amides is 4. The van der Waals surface area contributed by atoms with Crippen LogP contribution in [-0.4, -0.2) is 17.8 Å². The zero-order chi connectivity index (χ0) is 20.1. The van der Waals surface area contributed by atoms with E-state index in [-0.39, 0.29) is 11.7 Å². The number of aryl methyl sites for hydroxylation is 1. The maximum absolute atomic E-state index is 12.6. The molecular formula is C20H18N4O4. The van der Waals surface area contributed by atoms with Crippen molar-refractivity contribution in [3.8, 4) is 0 Å². The summed E-state index contributed by atoms with van der Waals surface area (Å²) in [6.07, 6.45) is 1.41. The maximum Gasteiger partial charge on any atom is 0.316 e. The number of hydrogen-bond acceptors (Lipinski definition) is 4. The molecule has 0 aliphatic carbocycles. The minimum Gasteiger partial charge on any atom is -0.459 e. The number of furan rings is 1. The molecule has 142 valence electrons. The molecule has 8 nitrogen and oxygen atoms in total. The number of anilines is 3.